The highest BCUT2D eigenvalue weighted by molar-refractivity contribution is 5.97. The van der Waals surface area contributed by atoms with Crippen molar-refractivity contribution in [3.05, 3.63) is 113 Å². The monoisotopic (exact) mass is 542 g/mol. The van der Waals surface area contributed by atoms with Crippen molar-refractivity contribution in [1.82, 2.24) is 9.97 Å². The lowest BCUT2D eigenvalue weighted by Crippen LogP contribution is -2.52. The first kappa shape index (κ1) is 28.3. The van der Waals surface area contributed by atoms with E-state index in [9.17, 15) is 14.7 Å². The maximum absolute atomic E-state index is 13.4. The maximum atomic E-state index is 13.4. The molecule has 4 rings (SSSR count). The number of hydrogen-bond donors (Lipinski definition) is 1. The Bertz CT molecular complexity index is 1420. The molecule has 0 aliphatic heterocycles. The maximum Gasteiger partial charge on any atom is 0.348 e. The number of ketones is 1. The van der Waals surface area contributed by atoms with Crippen molar-refractivity contribution in [3.8, 4) is 17.5 Å². The first-order valence-corrected chi connectivity index (χ1v) is 12.5. The zero-order valence-electron chi connectivity index (χ0n) is 22.7. The van der Waals surface area contributed by atoms with Crippen LogP contribution < -0.4 is 14.2 Å². The Labute approximate surface area is 232 Å². The molecule has 0 saturated heterocycles. The van der Waals surface area contributed by atoms with Crippen LogP contribution in [0.2, 0.25) is 0 Å². The molecule has 1 heterocycles. The van der Waals surface area contributed by atoms with Crippen molar-refractivity contribution in [2.45, 2.75) is 25.6 Å². The van der Waals surface area contributed by atoms with Crippen LogP contribution >= 0.6 is 0 Å². The van der Waals surface area contributed by atoms with Gasteiger partial charge in [-0.1, -0.05) is 60.7 Å². The number of aromatic nitrogens is 2. The van der Waals surface area contributed by atoms with E-state index in [0.717, 1.165) is 0 Å². The molecular weight excluding hydrogens is 512 g/mol. The average molecular weight is 543 g/mol. The molecule has 0 saturated carbocycles. The molecule has 0 spiro atoms. The molecule has 206 valence electrons. The van der Waals surface area contributed by atoms with E-state index in [1.165, 1.54) is 14.2 Å². The van der Waals surface area contributed by atoms with Crippen LogP contribution in [-0.2, 0) is 15.1 Å². The fourth-order valence-corrected chi connectivity index (χ4v) is 4.51. The van der Waals surface area contributed by atoms with Crippen LogP contribution in [0.3, 0.4) is 0 Å². The third-order valence-electron chi connectivity index (χ3n) is 6.32. The fraction of sp³-hybridized carbons (Fsp3) is 0.226. The van der Waals surface area contributed by atoms with Gasteiger partial charge in [0.25, 0.3) is 0 Å². The van der Waals surface area contributed by atoms with Crippen LogP contribution in [0, 0.1) is 13.8 Å². The van der Waals surface area contributed by atoms with Gasteiger partial charge in [0.05, 0.1) is 14.2 Å². The van der Waals surface area contributed by atoms with E-state index in [0.29, 0.717) is 39.6 Å². The summed E-state index contributed by atoms with van der Waals surface area (Å²) in [6.07, 6.45) is -1.67. The number of nitrogens with zero attached hydrogens (tertiary/aromatic N) is 2. The SMILES string of the molecule is COc1ccc(C(=O)COC(c2ccccc2)(c2ccccc2)C(Oc2nc(C)cc(C)n2)C(=O)O)cc1OC. The van der Waals surface area contributed by atoms with Crippen molar-refractivity contribution in [2.24, 2.45) is 0 Å². The standard InChI is InChI=1S/C31H30N2O7/c1-20-17-21(2)33-30(32-20)40-28(29(35)36)31(23-11-7-5-8-12-23,24-13-9-6-10-14-24)39-19-25(34)22-15-16-26(37-3)27(18-22)38-4/h5-18,28H,19H2,1-4H3,(H,35,36). The van der Waals surface area contributed by atoms with Gasteiger partial charge in [-0.25, -0.2) is 14.8 Å². The molecule has 9 heteroatoms. The molecule has 1 unspecified atom stereocenters. The number of rotatable bonds is 12. The van der Waals surface area contributed by atoms with Gasteiger partial charge in [-0.2, -0.15) is 0 Å². The van der Waals surface area contributed by atoms with Gasteiger partial charge in [0.15, 0.2) is 22.9 Å². The van der Waals surface area contributed by atoms with E-state index in [1.807, 2.05) is 0 Å². The Morgan fingerprint density at radius 2 is 1.35 bits per heavy atom. The predicted octanol–water partition coefficient (Wildman–Crippen LogP) is 4.79. The molecule has 0 fully saturated rings. The van der Waals surface area contributed by atoms with Gasteiger partial charge in [0.1, 0.15) is 6.61 Å². The molecule has 1 atom stereocenters. The molecule has 4 aromatic rings. The molecule has 0 amide bonds. The number of ether oxygens (including phenoxy) is 4. The van der Waals surface area contributed by atoms with Crippen molar-refractivity contribution in [2.75, 3.05) is 20.8 Å². The van der Waals surface area contributed by atoms with Gasteiger partial charge >= 0.3 is 12.0 Å². The number of aliphatic carboxylic acids is 1. The average Bonchev–Trinajstić information content (AvgIpc) is 2.96. The predicted molar refractivity (Wildman–Crippen MR) is 147 cm³/mol. The summed E-state index contributed by atoms with van der Waals surface area (Å²) in [4.78, 5) is 35.0. The Morgan fingerprint density at radius 3 is 1.85 bits per heavy atom. The highest BCUT2D eigenvalue weighted by Crippen LogP contribution is 2.39. The van der Waals surface area contributed by atoms with Crippen LogP contribution in [0.5, 0.6) is 17.5 Å². The molecular formula is C31H30N2O7. The van der Waals surface area contributed by atoms with Crippen molar-refractivity contribution in [3.63, 3.8) is 0 Å². The minimum atomic E-state index is -1.76. The molecule has 40 heavy (non-hydrogen) atoms. The highest BCUT2D eigenvalue weighted by atomic mass is 16.6. The number of aryl methyl sites for hydroxylation is 2. The molecule has 0 aliphatic rings. The summed E-state index contributed by atoms with van der Waals surface area (Å²) < 4.78 is 23.1. The second kappa shape index (κ2) is 12.4. The Hall–Kier alpha value is -4.76. The van der Waals surface area contributed by atoms with Crippen LogP contribution in [0.1, 0.15) is 32.9 Å². The van der Waals surface area contributed by atoms with E-state index >= 15 is 0 Å². The number of carboxylic acids is 1. The molecule has 0 bridgehead atoms. The van der Waals surface area contributed by atoms with E-state index in [2.05, 4.69) is 9.97 Å². The van der Waals surface area contributed by atoms with Crippen LogP contribution in [-0.4, -0.2) is 53.8 Å². The number of methoxy groups -OCH3 is 2. The summed E-state index contributed by atoms with van der Waals surface area (Å²) in [5.74, 6) is -0.877. The lowest BCUT2D eigenvalue weighted by molar-refractivity contribution is -0.162. The van der Waals surface area contributed by atoms with Gasteiger partial charge in [0.2, 0.25) is 6.10 Å². The molecule has 1 aromatic heterocycles. The second-order valence-electron chi connectivity index (χ2n) is 9.02. The minimum absolute atomic E-state index is 0.115. The fourth-order valence-electron chi connectivity index (χ4n) is 4.51. The highest BCUT2D eigenvalue weighted by Gasteiger charge is 2.50. The van der Waals surface area contributed by atoms with Crippen molar-refractivity contribution in [1.29, 1.82) is 0 Å². The zero-order chi connectivity index (χ0) is 28.7. The van der Waals surface area contributed by atoms with Crippen LogP contribution in [0.4, 0.5) is 0 Å². The number of carbonyl (C=O) groups is 2. The quantitative estimate of drug-likeness (QED) is 0.252. The van der Waals surface area contributed by atoms with Gasteiger partial charge in [0, 0.05) is 17.0 Å². The van der Waals surface area contributed by atoms with E-state index < -0.39 is 30.1 Å². The van der Waals surface area contributed by atoms with Gasteiger partial charge < -0.3 is 24.1 Å². The molecule has 9 nitrogen and oxygen atoms in total. The lowest BCUT2D eigenvalue weighted by atomic mass is 9.81. The Balaban J connectivity index is 1.84. The number of carboxylic acid groups (broad SMARTS) is 1. The number of carbonyl (C=O) groups excluding carboxylic acids is 1. The van der Waals surface area contributed by atoms with Crippen molar-refractivity contribution >= 4 is 11.8 Å². The minimum Gasteiger partial charge on any atom is -0.493 e. The summed E-state index contributed by atoms with van der Waals surface area (Å²) in [6.45, 7) is 3.05. The summed E-state index contributed by atoms with van der Waals surface area (Å²) >= 11 is 0. The molecule has 0 aliphatic carbocycles. The largest absolute Gasteiger partial charge is 0.493 e. The normalized spacial score (nSPS) is 11.9. The van der Waals surface area contributed by atoms with Crippen molar-refractivity contribution < 1.29 is 33.6 Å². The number of benzene rings is 3. The summed E-state index contributed by atoms with van der Waals surface area (Å²) in [6, 6.07) is 24.0. The summed E-state index contributed by atoms with van der Waals surface area (Å²) in [7, 11) is 2.98. The molecule has 1 N–H and O–H groups in total. The topological polar surface area (TPSA) is 117 Å². The first-order valence-electron chi connectivity index (χ1n) is 12.5. The Kier molecular flexibility index (Phi) is 8.76. The van der Waals surface area contributed by atoms with E-state index in [-0.39, 0.29) is 6.01 Å². The van der Waals surface area contributed by atoms with Gasteiger partial charge in [-0.05, 0) is 49.2 Å². The smallest absolute Gasteiger partial charge is 0.348 e. The van der Waals surface area contributed by atoms with Gasteiger partial charge in [-0.15, -0.1) is 0 Å². The number of hydrogen-bond acceptors (Lipinski definition) is 8. The lowest BCUT2D eigenvalue weighted by Gasteiger charge is -2.38. The number of Topliss-reactive ketones (excluding diaryl/α,β-unsaturated/α-hetero) is 1. The third kappa shape index (κ3) is 5.94. The van der Waals surface area contributed by atoms with Crippen LogP contribution in [0.15, 0.2) is 84.9 Å². The van der Waals surface area contributed by atoms with Crippen LogP contribution in [0.25, 0.3) is 0 Å². The van der Waals surface area contributed by atoms with E-state index in [4.69, 9.17) is 18.9 Å². The second-order valence-corrected chi connectivity index (χ2v) is 9.02. The molecule has 0 radical (unpaired) electrons. The van der Waals surface area contributed by atoms with E-state index in [1.54, 1.807) is 98.8 Å². The third-order valence-corrected chi connectivity index (χ3v) is 6.32. The Morgan fingerprint density at radius 1 is 0.800 bits per heavy atom. The molecule has 3 aromatic carbocycles. The first-order chi connectivity index (χ1) is 19.3. The zero-order valence-corrected chi connectivity index (χ0v) is 22.7. The van der Waals surface area contributed by atoms with Gasteiger partial charge in [-0.3, -0.25) is 4.79 Å². The summed E-state index contributed by atoms with van der Waals surface area (Å²) in [5.41, 5.74) is 0.707. The summed E-state index contributed by atoms with van der Waals surface area (Å²) in [5, 5.41) is 10.6.